The Morgan fingerprint density at radius 2 is 2.15 bits per heavy atom. The molecule has 1 aliphatic rings. The molecule has 0 N–H and O–H groups in total. The number of methoxy groups -OCH3 is 1. The second-order valence-electron chi connectivity index (χ2n) is 4.06. The van der Waals surface area contributed by atoms with Crippen molar-refractivity contribution in [1.29, 1.82) is 0 Å². The quantitative estimate of drug-likeness (QED) is 0.840. The zero-order valence-corrected chi connectivity index (χ0v) is 13.5. The molecule has 1 atom stereocenters. The van der Waals surface area contributed by atoms with E-state index in [1.165, 1.54) is 0 Å². The third-order valence-corrected chi connectivity index (χ3v) is 3.49. The van der Waals surface area contributed by atoms with Crippen LogP contribution >= 0.6 is 15.9 Å². The van der Waals surface area contributed by atoms with Gasteiger partial charge in [0.15, 0.2) is 0 Å². The zero-order valence-electron chi connectivity index (χ0n) is 11.9. The van der Waals surface area contributed by atoms with Crippen LogP contribution in [-0.2, 0) is 9.47 Å². The number of pyridine rings is 1. The lowest BCUT2D eigenvalue weighted by Gasteiger charge is -2.20. The van der Waals surface area contributed by atoms with E-state index in [1.54, 1.807) is 7.11 Å². The fraction of sp³-hybridized carbons (Fsp3) is 0.500. The van der Waals surface area contributed by atoms with Crippen LogP contribution in [0.3, 0.4) is 0 Å². The highest BCUT2D eigenvalue weighted by Gasteiger charge is 2.20. The maximum atomic E-state index is 5.64. The van der Waals surface area contributed by atoms with E-state index in [0.29, 0.717) is 19.8 Å². The molecule has 1 fully saturated rings. The number of ether oxygens (including phenoxy) is 3. The Kier molecular flexibility index (Phi) is 5.39. The van der Waals surface area contributed by atoms with Crippen LogP contribution in [0.1, 0.15) is 25.6 Å². The Labute approximate surface area is 127 Å². The summed E-state index contributed by atoms with van der Waals surface area (Å²) in [6.45, 7) is 5.83. The average Bonchev–Trinajstić information content (AvgIpc) is 2.92. The van der Waals surface area contributed by atoms with Crippen LogP contribution in [0.25, 0.3) is 5.65 Å². The summed E-state index contributed by atoms with van der Waals surface area (Å²) in [5, 5.41) is 0. The van der Waals surface area contributed by atoms with Crippen LogP contribution in [0.4, 0.5) is 0 Å². The van der Waals surface area contributed by atoms with Crippen molar-refractivity contribution in [3.63, 3.8) is 0 Å². The molecular weight excluding hydrogens is 324 g/mol. The standard InChI is InChI=1S/C12H13BrN2O3.C2H6/c1-16-10-4-12-14-9(6-15(12)5-8(10)13)11-7-17-2-3-18-11;1-2/h4-6,11H,2-3,7H2,1H3;1-2H3. The summed E-state index contributed by atoms with van der Waals surface area (Å²) < 4.78 is 19.1. The SMILES string of the molecule is CC.COc1cc2nc(C3COCCO3)cn2cc1Br. The lowest BCUT2D eigenvalue weighted by molar-refractivity contribution is -0.0916. The first-order valence-corrected chi connectivity index (χ1v) is 7.48. The highest BCUT2D eigenvalue weighted by Crippen LogP contribution is 2.27. The van der Waals surface area contributed by atoms with Crippen LogP contribution in [-0.4, -0.2) is 36.3 Å². The number of rotatable bonds is 2. The summed E-state index contributed by atoms with van der Waals surface area (Å²) in [5.74, 6) is 0.764. The van der Waals surface area contributed by atoms with E-state index >= 15 is 0 Å². The summed E-state index contributed by atoms with van der Waals surface area (Å²) in [6, 6.07) is 1.89. The molecule has 5 nitrogen and oxygen atoms in total. The van der Waals surface area contributed by atoms with Gasteiger partial charge in [-0.2, -0.15) is 0 Å². The van der Waals surface area contributed by atoms with Gasteiger partial charge in [0.1, 0.15) is 17.5 Å². The molecule has 2 aromatic rings. The minimum absolute atomic E-state index is 0.0802. The number of halogens is 1. The number of imidazole rings is 1. The minimum atomic E-state index is -0.0802. The van der Waals surface area contributed by atoms with E-state index in [9.17, 15) is 0 Å². The van der Waals surface area contributed by atoms with Gasteiger partial charge in [-0.15, -0.1) is 0 Å². The second-order valence-corrected chi connectivity index (χ2v) is 4.91. The first-order valence-electron chi connectivity index (χ1n) is 6.69. The van der Waals surface area contributed by atoms with Gasteiger partial charge in [-0.05, 0) is 15.9 Å². The first-order chi connectivity index (χ1) is 9.78. The summed E-state index contributed by atoms with van der Waals surface area (Å²) in [5.41, 5.74) is 1.72. The van der Waals surface area contributed by atoms with Crippen LogP contribution in [0.15, 0.2) is 22.9 Å². The van der Waals surface area contributed by atoms with Crippen LogP contribution in [0, 0.1) is 0 Å². The fourth-order valence-corrected chi connectivity index (χ4v) is 2.48. The van der Waals surface area contributed by atoms with Crippen molar-refractivity contribution in [2.24, 2.45) is 0 Å². The fourth-order valence-electron chi connectivity index (χ4n) is 1.98. The molecule has 1 saturated heterocycles. The highest BCUT2D eigenvalue weighted by molar-refractivity contribution is 9.10. The maximum absolute atomic E-state index is 5.64. The first kappa shape index (κ1) is 15.3. The van der Waals surface area contributed by atoms with Crippen LogP contribution < -0.4 is 4.74 Å². The number of fused-ring (bicyclic) bond motifs is 1. The molecule has 3 rings (SSSR count). The molecule has 3 heterocycles. The highest BCUT2D eigenvalue weighted by atomic mass is 79.9. The van der Waals surface area contributed by atoms with Crippen molar-refractivity contribution in [3.05, 3.63) is 28.6 Å². The number of hydrogen-bond acceptors (Lipinski definition) is 4. The lowest BCUT2D eigenvalue weighted by Crippen LogP contribution is -2.22. The average molecular weight is 343 g/mol. The molecule has 110 valence electrons. The normalized spacial score (nSPS) is 18.5. The number of aromatic nitrogens is 2. The van der Waals surface area contributed by atoms with Crippen molar-refractivity contribution in [3.8, 4) is 5.75 Å². The van der Waals surface area contributed by atoms with Crippen molar-refractivity contribution in [2.75, 3.05) is 26.9 Å². The molecule has 0 aromatic carbocycles. The Morgan fingerprint density at radius 1 is 1.35 bits per heavy atom. The second kappa shape index (κ2) is 7.06. The predicted octanol–water partition coefficient (Wildman–Crippen LogP) is 3.22. The van der Waals surface area contributed by atoms with Gasteiger partial charge in [-0.25, -0.2) is 4.98 Å². The Bertz CT molecular complexity index is 565. The Balaban J connectivity index is 0.000000704. The molecule has 20 heavy (non-hydrogen) atoms. The van der Waals surface area contributed by atoms with Crippen molar-refractivity contribution in [2.45, 2.75) is 20.0 Å². The van der Waals surface area contributed by atoms with Crippen molar-refractivity contribution in [1.82, 2.24) is 9.38 Å². The van der Waals surface area contributed by atoms with Crippen molar-refractivity contribution < 1.29 is 14.2 Å². The van der Waals surface area contributed by atoms with Crippen LogP contribution in [0.5, 0.6) is 5.75 Å². The smallest absolute Gasteiger partial charge is 0.140 e. The van der Waals surface area contributed by atoms with E-state index in [-0.39, 0.29) is 6.10 Å². The summed E-state index contributed by atoms with van der Waals surface area (Å²) >= 11 is 3.45. The molecule has 1 unspecified atom stereocenters. The minimum Gasteiger partial charge on any atom is -0.495 e. The lowest BCUT2D eigenvalue weighted by atomic mass is 10.3. The topological polar surface area (TPSA) is 45.0 Å². The van der Waals surface area contributed by atoms with Gasteiger partial charge < -0.3 is 18.6 Å². The Morgan fingerprint density at radius 3 is 2.80 bits per heavy atom. The van der Waals surface area contributed by atoms with Gasteiger partial charge in [0.2, 0.25) is 0 Å². The van der Waals surface area contributed by atoms with Gasteiger partial charge in [-0.1, -0.05) is 13.8 Å². The molecule has 1 aliphatic heterocycles. The van der Waals surface area contributed by atoms with E-state index in [0.717, 1.165) is 21.6 Å². The summed E-state index contributed by atoms with van der Waals surface area (Å²) in [6.07, 6.45) is 3.80. The zero-order chi connectivity index (χ0) is 14.5. The van der Waals surface area contributed by atoms with Gasteiger partial charge >= 0.3 is 0 Å². The predicted molar refractivity (Wildman–Crippen MR) is 80.3 cm³/mol. The third kappa shape index (κ3) is 3.13. The Hall–Kier alpha value is -1.11. The van der Waals surface area contributed by atoms with E-state index in [2.05, 4.69) is 20.9 Å². The largest absolute Gasteiger partial charge is 0.495 e. The molecular formula is C14H19BrN2O3. The number of hydrogen-bond donors (Lipinski definition) is 0. The molecule has 0 saturated carbocycles. The van der Waals surface area contributed by atoms with E-state index in [1.807, 2.05) is 36.7 Å². The number of nitrogens with zero attached hydrogens (tertiary/aromatic N) is 2. The van der Waals surface area contributed by atoms with Gasteiger partial charge in [0.05, 0.1) is 37.1 Å². The molecule has 6 heteroatoms. The van der Waals surface area contributed by atoms with Gasteiger partial charge in [-0.3, -0.25) is 0 Å². The van der Waals surface area contributed by atoms with Crippen LogP contribution in [0.2, 0.25) is 0 Å². The summed E-state index contributed by atoms with van der Waals surface area (Å²) in [7, 11) is 1.64. The molecule has 0 radical (unpaired) electrons. The molecule has 2 aromatic heterocycles. The molecule has 0 spiro atoms. The van der Waals surface area contributed by atoms with E-state index < -0.39 is 0 Å². The molecule has 0 aliphatic carbocycles. The monoisotopic (exact) mass is 342 g/mol. The maximum Gasteiger partial charge on any atom is 0.140 e. The summed E-state index contributed by atoms with van der Waals surface area (Å²) in [4.78, 5) is 4.54. The third-order valence-electron chi connectivity index (χ3n) is 2.89. The van der Waals surface area contributed by atoms with Gasteiger partial charge in [0, 0.05) is 18.5 Å². The molecule has 0 amide bonds. The molecule has 0 bridgehead atoms. The van der Waals surface area contributed by atoms with Crippen molar-refractivity contribution >= 4 is 21.6 Å². The van der Waals surface area contributed by atoms with Gasteiger partial charge in [0.25, 0.3) is 0 Å². The van der Waals surface area contributed by atoms with E-state index in [4.69, 9.17) is 14.2 Å².